The molecule has 4 heterocycles. The van der Waals surface area contributed by atoms with Crippen LogP contribution in [0.1, 0.15) is 51.0 Å². The lowest BCUT2D eigenvalue weighted by atomic mass is 9.84. The Balaban J connectivity index is 1.34. The van der Waals surface area contributed by atoms with Crippen molar-refractivity contribution in [2.75, 3.05) is 19.7 Å². The van der Waals surface area contributed by atoms with E-state index in [-0.39, 0.29) is 18.1 Å². The lowest BCUT2D eigenvalue weighted by Gasteiger charge is -2.49. The summed E-state index contributed by atoms with van der Waals surface area (Å²) in [5.74, 6) is 5.70. The van der Waals surface area contributed by atoms with E-state index in [1.165, 1.54) is 18.3 Å². The fraction of sp³-hybridized carbons (Fsp3) is 0.464. The third-order valence-corrected chi connectivity index (χ3v) is 8.11. The van der Waals surface area contributed by atoms with Gasteiger partial charge >= 0.3 is 0 Å². The summed E-state index contributed by atoms with van der Waals surface area (Å²) < 4.78 is 21.1. The zero-order valence-corrected chi connectivity index (χ0v) is 23.9. The summed E-state index contributed by atoms with van der Waals surface area (Å²) in [5.41, 5.74) is 2.59. The van der Waals surface area contributed by atoms with Crippen LogP contribution in [0.5, 0.6) is 5.75 Å². The summed E-state index contributed by atoms with van der Waals surface area (Å²) in [6.07, 6.45) is 7.58. The topological polar surface area (TPSA) is 141 Å². The second-order valence-corrected chi connectivity index (χ2v) is 11.1. The van der Waals surface area contributed by atoms with Crippen LogP contribution in [0.15, 0.2) is 46.9 Å². The van der Waals surface area contributed by atoms with Crippen molar-refractivity contribution < 1.29 is 14.2 Å². The second-order valence-electron chi connectivity index (χ2n) is 10.7. The van der Waals surface area contributed by atoms with Gasteiger partial charge in [-0.05, 0) is 51.8 Å². The van der Waals surface area contributed by atoms with E-state index < -0.39 is 18.5 Å². The molecule has 3 aromatic rings. The molecule has 0 bridgehead atoms. The minimum atomic E-state index is -0.874. The SMILES string of the molecule is CC(=NC1CC(N2CC(C)N(C#N)C(C)C2)C1)/C(=N\N)c1cc(OC(CO)c2ccc(F)cn2)c2c(Cl)cnn2c1. The minimum absolute atomic E-state index is 0.137. The number of hydrazone groups is 1. The Morgan fingerprint density at radius 2 is 2.02 bits per heavy atom. The number of rotatable bonds is 8. The fourth-order valence-corrected chi connectivity index (χ4v) is 5.95. The molecule has 216 valence electrons. The fourth-order valence-electron chi connectivity index (χ4n) is 5.72. The number of aliphatic imine (C=N–C) groups is 1. The number of aliphatic hydroxyl groups is 1. The van der Waals surface area contributed by atoms with Crippen LogP contribution in [0.25, 0.3) is 5.52 Å². The molecule has 3 aromatic heterocycles. The lowest BCUT2D eigenvalue weighted by Crippen LogP contribution is -2.60. The van der Waals surface area contributed by atoms with Crippen molar-refractivity contribution in [3.05, 3.63) is 58.9 Å². The Morgan fingerprint density at radius 1 is 1.29 bits per heavy atom. The number of piperazine rings is 1. The Morgan fingerprint density at radius 3 is 2.63 bits per heavy atom. The van der Waals surface area contributed by atoms with Gasteiger partial charge in [0.15, 0.2) is 12.3 Å². The highest BCUT2D eigenvalue weighted by molar-refractivity contribution is 6.47. The van der Waals surface area contributed by atoms with Gasteiger partial charge in [0.05, 0.1) is 41.5 Å². The molecule has 1 saturated carbocycles. The molecule has 13 heteroatoms. The van der Waals surface area contributed by atoms with Crippen molar-refractivity contribution in [2.24, 2.45) is 15.9 Å². The number of hydrogen-bond donors (Lipinski definition) is 2. The number of hydrogen-bond acceptors (Lipinski definition) is 10. The van der Waals surface area contributed by atoms with Gasteiger partial charge < -0.3 is 20.6 Å². The summed E-state index contributed by atoms with van der Waals surface area (Å²) in [4.78, 5) is 13.3. The van der Waals surface area contributed by atoms with Gasteiger partial charge in [0.2, 0.25) is 0 Å². The van der Waals surface area contributed by atoms with Crippen molar-refractivity contribution in [1.82, 2.24) is 24.4 Å². The first-order chi connectivity index (χ1) is 19.7. The Hall–Kier alpha value is -3.79. The van der Waals surface area contributed by atoms with E-state index in [0.717, 1.165) is 32.1 Å². The zero-order valence-electron chi connectivity index (χ0n) is 23.2. The van der Waals surface area contributed by atoms with Gasteiger partial charge in [-0.1, -0.05) is 11.6 Å². The third kappa shape index (κ3) is 5.84. The molecule has 1 saturated heterocycles. The van der Waals surface area contributed by atoms with Gasteiger partial charge in [-0.25, -0.2) is 8.91 Å². The number of aliphatic hydroxyl groups excluding tert-OH is 1. The molecule has 2 fully saturated rings. The predicted molar refractivity (Wildman–Crippen MR) is 153 cm³/mol. The highest BCUT2D eigenvalue weighted by atomic mass is 35.5. The molecule has 5 rings (SSSR count). The maximum absolute atomic E-state index is 13.4. The van der Waals surface area contributed by atoms with E-state index in [2.05, 4.69) is 40.1 Å². The van der Waals surface area contributed by atoms with Gasteiger partial charge in [-0.3, -0.25) is 14.9 Å². The van der Waals surface area contributed by atoms with Crippen LogP contribution in [0, 0.1) is 17.3 Å². The van der Waals surface area contributed by atoms with Crippen LogP contribution in [0.3, 0.4) is 0 Å². The molecule has 11 nitrogen and oxygen atoms in total. The van der Waals surface area contributed by atoms with Gasteiger partial charge in [0.1, 0.15) is 22.8 Å². The molecule has 41 heavy (non-hydrogen) atoms. The smallest absolute Gasteiger partial charge is 0.179 e. The van der Waals surface area contributed by atoms with Crippen LogP contribution >= 0.6 is 11.6 Å². The maximum Gasteiger partial charge on any atom is 0.179 e. The molecule has 0 radical (unpaired) electrons. The van der Waals surface area contributed by atoms with Gasteiger partial charge in [-0.15, -0.1) is 0 Å². The first kappa shape index (κ1) is 28.7. The molecule has 3 N–H and O–H groups in total. The van der Waals surface area contributed by atoms with Crippen molar-refractivity contribution >= 4 is 28.5 Å². The quantitative estimate of drug-likeness (QED) is 0.179. The van der Waals surface area contributed by atoms with Gasteiger partial charge in [0, 0.05) is 43.0 Å². The van der Waals surface area contributed by atoms with E-state index in [9.17, 15) is 14.8 Å². The van der Waals surface area contributed by atoms with Gasteiger partial charge in [0.25, 0.3) is 0 Å². The minimum Gasteiger partial charge on any atom is -0.479 e. The first-order valence-electron chi connectivity index (χ1n) is 13.5. The molecule has 3 atom stereocenters. The normalized spacial score (nSPS) is 24.7. The van der Waals surface area contributed by atoms with E-state index in [1.807, 2.05) is 11.8 Å². The largest absolute Gasteiger partial charge is 0.479 e. The molecular formula is C28H33ClFN9O2. The van der Waals surface area contributed by atoms with E-state index in [0.29, 0.717) is 45.0 Å². The first-order valence-corrected chi connectivity index (χ1v) is 13.9. The number of pyridine rings is 2. The summed E-state index contributed by atoms with van der Waals surface area (Å²) in [6.45, 7) is 7.39. The molecule has 0 aromatic carbocycles. The second kappa shape index (κ2) is 12.0. The lowest BCUT2D eigenvalue weighted by molar-refractivity contribution is 0.0193. The van der Waals surface area contributed by atoms with Crippen LogP contribution in [-0.4, -0.2) is 84.8 Å². The van der Waals surface area contributed by atoms with Crippen LogP contribution in [0.2, 0.25) is 5.02 Å². The Labute approximate surface area is 242 Å². The number of nitrogens with zero attached hydrogens (tertiary/aromatic N) is 8. The standard InChI is InChI=1S/C28H33ClFN9O2/c1-16-11-37(12-17(2)38(16)15-31)22-7-21(8-22)35-18(3)27(36-32)19-6-25(28-23(29)10-34-39(28)13-19)41-26(14-40)24-5-4-20(30)9-33-24/h4-6,9-10,13,16-17,21-22,26,40H,7-8,11-12,14,32H2,1-3H3/b35-18?,36-27+. The highest BCUT2D eigenvalue weighted by Gasteiger charge is 2.39. The Bertz CT molecular complexity index is 1480. The number of halogens is 2. The summed E-state index contributed by atoms with van der Waals surface area (Å²) in [7, 11) is 0. The van der Waals surface area contributed by atoms with Crippen molar-refractivity contribution in [3.8, 4) is 11.9 Å². The van der Waals surface area contributed by atoms with Crippen molar-refractivity contribution in [1.29, 1.82) is 5.26 Å². The monoisotopic (exact) mass is 581 g/mol. The maximum atomic E-state index is 13.4. The van der Waals surface area contributed by atoms with E-state index in [1.54, 1.807) is 16.8 Å². The zero-order chi connectivity index (χ0) is 29.3. The number of nitriles is 1. The van der Waals surface area contributed by atoms with Crippen LogP contribution in [0.4, 0.5) is 4.39 Å². The van der Waals surface area contributed by atoms with Crippen LogP contribution in [-0.2, 0) is 0 Å². The number of fused-ring (bicyclic) bond motifs is 1. The third-order valence-electron chi connectivity index (χ3n) is 7.84. The molecular weight excluding hydrogens is 549 g/mol. The molecule has 0 amide bonds. The molecule has 1 aliphatic carbocycles. The van der Waals surface area contributed by atoms with Crippen molar-refractivity contribution in [2.45, 2.75) is 63.9 Å². The highest BCUT2D eigenvalue weighted by Crippen LogP contribution is 2.33. The average molecular weight is 582 g/mol. The van der Waals surface area contributed by atoms with Gasteiger partial charge in [-0.2, -0.15) is 15.5 Å². The summed E-state index contributed by atoms with van der Waals surface area (Å²) >= 11 is 6.41. The predicted octanol–water partition coefficient (Wildman–Crippen LogP) is 3.16. The van der Waals surface area contributed by atoms with E-state index >= 15 is 0 Å². The van der Waals surface area contributed by atoms with Crippen molar-refractivity contribution in [3.63, 3.8) is 0 Å². The summed E-state index contributed by atoms with van der Waals surface area (Å²) in [5, 5.41) is 28.1. The molecule has 3 unspecified atom stereocenters. The number of ether oxygens (including phenoxy) is 1. The number of aromatic nitrogens is 3. The molecule has 1 aliphatic heterocycles. The molecule has 0 spiro atoms. The van der Waals surface area contributed by atoms with Crippen LogP contribution < -0.4 is 10.6 Å². The summed E-state index contributed by atoms with van der Waals surface area (Å²) in [6, 6.07) is 5.38. The molecule has 2 aliphatic rings. The number of nitrogens with two attached hydrogens (primary N) is 1. The average Bonchev–Trinajstić information content (AvgIpc) is 3.30. The Kier molecular flexibility index (Phi) is 8.40. The van der Waals surface area contributed by atoms with E-state index in [4.69, 9.17) is 27.2 Å².